The Morgan fingerprint density at radius 1 is 0.710 bits per heavy atom. The Morgan fingerprint density at radius 2 is 1.29 bits per heavy atom. The maximum Gasteiger partial charge on any atom is 0.00669 e. The van der Waals surface area contributed by atoms with Crippen LogP contribution < -0.4 is 0 Å². The van der Waals surface area contributed by atoms with E-state index in [1.165, 1.54) is 59.1 Å². The molecule has 0 nitrogen and oxygen atoms in total. The number of allylic oxidation sites excluding steroid dienone is 4. The zero-order valence-electron chi connectivity index (χ0n) is 20.3. The first-order valence-corrected chi connectivity index (χ1v) is 12.3. The van der Waals surface area contributed by atoms with Gasteiger partial charge in [0, 0.05) is 5.41 Å². The molecule has 0 bridgehead atoms. The normalized spacial score (nSPS) is 31.5. The lowest BCUT2D eigenvalue weighted by molar-refractivity contribution is 0.164. The SMILES string of the molecule is Cc1cc(C)c(C2CCCC3C4C=CC=CC4CC23c2c(C)cc(C)cc2C)c(C)c1. The van der Waals surface area contributed by atoms with Crippen LogP contribution in [0.1, 0.15) is 76.1 Å². The van der Waals surface area contributed by atoms with Crippen LogP contribution in [0.3, 0.4) is 0 Å². The summed E-state index contributed by atoms with van der Waals surface area (Å²) in [5.41, 5.74) is 12.4. The molecule has 5 atom stereocenters. The average Bonchev–Trinajstić information content (AvgIpc) is 3.02. The summed E-state index contributed by atoms with van der Waals surface area (Å²) in [5, 5.41) is 0. The lowest BCUT2D eigenvalue weighted by Gasteiger charge is -2.50. The first-order chi connectivity index (χ1) is 14.8. The molecular weight excluding hydrogens is 372 g/mol. The van der Waals surface area contributed by atoms with Crippen molar-refractivity contribution in [2.24, 2.45) is 17.8 Å². The quantitative estimate of drug-likeness (QED) is 0.469. The molecule has 0 saturated heterocycles. The number of fused-ring (bicyclic) bond motifs is 3. The molecule has 2 aromatic carbocycles. The van der Waals surface area contributed by atoms with Crippen molar-refractivity contribution in [3.63, 3.8) is 0 Å². The largest absolute Gasteiger partial charge is 0.0808 e. The van der Waals surface area contributed by atoms with Crippen LogP contribution in [-0.2, 0) is 5.41 Å². The lowest BCUT2D eigenvalue weighted by atomic mass is 9.53. The number of rotatable bonds is 2. The van der Waals surface area contributed by atoms with Crippen molar-refractivity contribution in [2.45, 2.75) is 78.6 Å². The van der Waals surface area contributed by atoms with E-state index in [2.05, 4.69) is 90.1 Å². The van der Waals surface area contributed by atoms with Crippen molar-refractivity contribution in [1.29, 1.82) is 0 Å². The van der Waals surface area contributed by atoms with E-state index in [1.807, 2.05) is 0 Å². The van der Waals surface area contributed by atoms with E-state index >= 15 is 0 Å². The van der Waals surface area contributed by atoms with Gasteiger partial charge in [-0.2, -0.15) is 0 Å². The highest BCUT2D eigenvalue weighted by molar-refractivity contribution is 5.52. The van der Waals surface area contributed by atoms with Gasteiger partial charge in [0.1, 0.15) is 0 Å². The van der Waals surface area contributed by atoms with E-state index in [-0.39, 0.29) is 5.41 Å². The molecule has 2 saturated carbocycles. The maximum atomic E-state index is 2.55. The van der Waals surface area contributed by atoms with Gasteiger partial charge in [-0.25, -0.2) is 0 Å². The summed E-state index contributed by atoms with van der Waals surface area (Å²) in [7, 11) is 0. The van der Waals surface area contributed by atoms with Crippen LogP contribution in [0.15, 0.2) is 48.6 Å². The minimum Gasteiger partial charge on any atom is -0.0808 e. The first-order valence-electron chi connectivity index (χ1n) is 12.3. The van der Waals surface area contributed by atoms with Crippen LogP contribution in [0.4, 0.5) is 0 Å². The van der Waals surface area contributed by atoms with E-state index in [9.17, 15) is 0 Å². The van der Waals surface area contributed by atoms with E-state index in [4.69, 9.17) is 0 Å². The van der Waals surface area contributed by atoms with E-state index in [1.54, 1.807) is 11.1 Å². The second-order valence-electron chi connectivity index (χ2n) is 10.9. The van der Waals surface area contributed by atoms with Gasteiger partial charge < -0.3 is 0 Å². The number of hydrogen-bond acceptors (Lipinski definition) is 0. The van der Waals surface area contributed by atoms with Gasteiger partial charge in [-0.1, -0.05) is 66.1 Å². The van der Waals surface area contributed by atoms with Gasteiger partial charge in [-0.05, 0) is 118 Å². The Kier molecular flexibility index (Phi) is 5.04. The molecule has 3 aliphatic carbocycles. The van der Waals surface area contributed by atoms with Gasteiger partial charge in [0.05, 0.1) is 0 Å². The van der Waals surface area contributed by atoms with Crippen molar-refractivity contribution in [3.8, 4) is 0 Å². The molecule has 0 amide bonds. The fraction of sp³-hybridized carbons (Fsp3) is 0.484. The molecular formula is C31H38. The van der Waals surface area contributed by atoms with Crippen molar-refractivity contribution >= 4 is 0 Å². The van der Waals surface area contributed by atoms with Gasteiger partial charge >= 0.3 is 0 Å². The predicted octanol–water partition coefficient (Wildman–Crippen LogP) is 8.12. The molecule has 0 N–H and O–H groups in total. The zero-order valence-corrected chi connectivity index (χ0v) is 20.3. The van der Waals surface area contributed by atoms with Crippen LogP contribution in [0.25, 0.3) is 0 Å². The second kappa shape index (κ2) is 7.51. The summed E-state index contributed by atoms with van der Waals surface area (Å²) < 4.78 is 0. The Hall–Kier alpha value is -2.08. The van der Waals surface area contributed by atoms with Crippen LogP contribution in [0, 0.1) is 59.3 Å². The third-order valence-corrected chi connectivity index (χ3v) is 8.86. The monoisotopic (exact) mass is 410 g/mol. The fourth-order valence-electron chi connectivity index (χ4n) is 8.36. The van der Waals surface area contributed by atoms with E-state index < -0.39 is 0 Å². The molecule has 3 aliphatic rings. The predicted molar refractivity (Wildman–Crippen MR) is 133 cm³/mol. The summed E-state index contributed by atoms with van der Waals surface area (Å²) in [6.45, 7) is 14.0. The topological polar surface area (TPSA) is 0 Å². The summed E-state index contributed by atoms with van der Waals surface area (Å²) in [6, 6.07) is 9.75. The highest BCUT2D eigenvalue weighted by atomic mass is 14.6. The molecule has 0 aliphatic heterocycles. The van der Waals surface area contributed by atoms with Gasteiger partial charge in [0.15, 0.2) is 0 Å². The maximum absolute atomic E-state index is 2.55. The number of benzene rings is 2. The molecule has 2 fully saturated rings. The third-order valence-electron chi connectivity index (χ3n) is 8.86. The second-order valence-corrected chi connectivity index (χ2v) is 10.9. The van der Waals surface area contributed by atoms with Crippen LogP contribution >= 0.6 is 0 Å². The van der Waals surface area contributed by atoms with Crippen molar-refractivity contribution in [2.75, 3.05) is 0 Å². The highest BCUT2D eigenvalue weighted by Crippen LogP contribution is 2.66. The van der Waals surface area contributed by atoms with Gasteiger partial charge in [-0.3, -0.25) is 0 Å². The molecule has 0 spiro atoms. The smallest absolute Gasteiger partial charge is 0.00669 e. The Balaban J connectivity index is 1.80. The summed E-state index contributed by atoms with van der Waals surface area (Å²) in [5.74, 6) is 2.72. The van der Waals surface area contributed by atoms with E-state index in [0.717, 1.165) is 5.92 Å². The third kappa shape index (κ3) is 3.09. The Labute approximate surface area is 189 Å². The molecule has 31 heavy (non-hydrogen) atoms. The molecule has 2 aromatic rings. The Morgan fingerprint density at radius 3 is 1.94 bits per heavy atom. The fourth-order valence-corrected chi connectivity index (χ4v) is 8.36. The van der Waals surface area contributed by atoms with Crippen molar-refractivity contribution in [3.05, 3.63) is 93.1 Å². The highest BCUT2D eigenvalue weighted by Gasteiger charge is 2.59. The molecule has 5 rings (SSSR count). The minimum atomic E-state index is 0.235. The molecule has 5 unspecified atom stereocenters. The molecule has 0 radical (unpaired) electrons. The van der Waals surface area contributed by atoms with Gasteiger partial charge in [0.2, 0.25) is 0 Å². The van der Waals surface area contributed by atoms with Gasteiger partial charge in [0.25, 0.3) is 0 Å². The first kappa shape index (κ1) is 20.8. The van der Waals surface area contributed by atoms with Crippen LogP contribution in [-0.4, -0.2) is 0 Å². The number of hydrogen-bond donors (Lipinski definition) is 0. The minimum absolute atomic E-state index is 0.235. The summed E-state index contributed by atoms with van der Waals surface area (Å²) in [6.07, 6.45) is 15.0. The van der Waals surface area contributed by atoms with Crippen molar-refractivity contribution in [1.82, 2.24) is 0 Å². The van der Waals surface area contributed by atoms with Crippen LogP contribution in [0.2, 0.25) is 0 Å². The van der Waals surface area contributed by atoms with Crippen molar-refractivity contribution < 1.29 is 0 Å². The average molecular weight is 411 g/mol. The summed E-state index contributed by atoms with van der Waals surface area (Å²) in [4.78, 5) is 0. The number of aryl methyl sites for hydroxylation is 6. The summed E-state index contributed by atoms with van der Waals surface area (Å²) >= 11 is 0. The Bertz CT molecular complexity index is 1040. The van der Waals surface area contributed by atoms with E-state index in [0.29, 0.717) is 17.8 Å². The zero-order chi connectivity index (χ0) is 21.9. The molecule has 162 valence electrons. The molecule has 0 aromatic heterocycles. The van der Waals surface area contributed by atoms with Crippen LogP contribution in [0.5, 0.6) is 0 Å². The standard InChI is InChI=1S/C31H38/c1-19-14-21(3)29(22(4)15-19)28-13-9-12-27-26-11-8-7-10-25(26)18-31(27,28)30-23(5)16-20(2)17-24(30)6/h7-8,10-11,14-17,25-28H,9,12-13,18H2,1-6H3. The lowest BCUT2D eigenvalue weighted by Crippen LogP contribution is -2.43. The molecule has 0 heterocycles. The molecule has 0 heteroatoms. The van der Waals surface area contributed by atoms with Gasteiger partial charge in [-0.15, -0.1) is 0 Å².